The van der Waals surface area contributed by atoms with Crippen molar-refractivity contribution in [2.24, 2.45) is 5.92 Å². The molecule has 0 unspecified atom stereocenters. The van der Waals surface area contributed by atoms with Gasteiger partial charge in [0, 0.05) is 33.9 Å². The van der Waals surface area contributed by atoms with Crippen molar-refractivity contribution in [1.29, 1.82) is 0 Å². The highest BCUT2D eigenvalue weighted by Crippen LogP contribution is 2.33. The number of hydrogen-bond donors (Lipinski definition) is 1. The lowest BCUT2D eigenvalue weighted by molar-refractivity contribution is 0.0216. The third kappa shape index (κ3) is 2.66. The summed E-state index contributed by atoms with van der Waals surface area (Å²) in [6, 6.07) is 2.63. The molecule has 5 rings (SSSR count). The molecular weight excluding hydrogens is 326 g/mol. The van der Waals surface area contributed by atoms with Gasteiger partial charge in [0.15, 0.2) is 0 Å². The Morgan fingerprint density at radius 1 is 1.43 bits per heavy atom. The Morgan fingerprint density at radius 2 is 2.22 bits per heavy atom. The first-order chi connectivity index (χ1) is 11.2. The molecule has 0 radical (unpaired) electrons. The molecule has 3 saturated heterocycles. The number of aromatic nitrogens is 1. The molecule has 122 valence electrons. The van der Waals surface area contributed by atoms with Gasteiger partial charge in [-0.15, -0.1) is 23.1 Å². The highest BCUT2D eigenvalue weighted by molar-refractivity contribution is 7.99. The number of nitrogens with one attached hydrogen (secondary N) is 1. The number of hydrogen-bond acceptors (Lipinski definition) is 5. The number of piperidine rings is 3. The second-order valence-electron chi connectivity index (χ2n) is 6.48. The zero-order valence-corrected chi connectivity index (χ0v) is 15.0. The number of carbonyl (C=O) groups is 1. The second kappa shape index (κ2) is 6.07. The van der Waals surface area contributed by atoms with E-state index < -0.39 is 0 Å². The summed E-state index contributed by atoms with van der Waals surface area (Å²) in [5, 5.41) is 6.54. The van der Waals surface area contributed by atoms with E-state index in [-0.39, 0.29) is 11.9 Å². The Hall–Kier alpha value is -1.11. The topological polar surface area (TPSA) is 45.2 Å². The van der Waals surface area contributed by atoms with E-state index in [0.717, 1.165) is 10.1 Å². The summed E-state index contributed by atoms with van der Waals surface area (Å²) < 4.78 is 1.14. The molecule has 0 aliphatic carbocycles. The van der Waals surface area contributed by atoms with Crippen molar-refractivity contribution in [2.75, 3.05) is 19.3 Å². The monoisotopic (exact) mass is 347 g/mol. The van der Waals surface area contributed by atoms with Crippen molar-refractivity contribution < 1.29 is 4.79 Å². The number of thioether (sulfide) groups is 1. The Bertz CT molecular complexity index is 735. The van der Waals surface area contributed by atoms with E-state index >= 15 is 0 Å². The van der Waals surface area contributed by atoms with E-state index in [9.17, 15) is 4.79 Å². The highest BCUT2D eigenvalue weighted by atomic mass is 32.2. The van der Waals surface area contributed by atoms with Crippen LogP contribution in [-0.2, 0) is 0 Å². The van der Waals surface area contributed by atoms with Crippen molar-refractivity contribution in [3.8, 4) is 0 Å². The van der Waals surface area contributed by atoms with Gasteiger partial charge in [0.2, 0.25) is 0 Å². The maximum Gasteiger partial charge on any atom is 0.270 e. The van der Waals surface area contributed by atoms with Gasteiger partial charge >= 0.3 is 0 Å². The highest BCUT2D eigenvalue weighted by Gasteiger charge is 2.40. The number of fused-ring (bicyclic) bond motifs is 4. The molecule has 0 saturated carbocycles. The number of amides is 1. The zero-order valence-electron chi connectivity index (χ0n) is 13.4. The van der Waals surface area contributed by atoms with Crippen LogP contribution in [0.2, 0.25) is 0 Å². The van der Waals surface area contributed by atoms with Gasteiger partial charge in [-0.3, -0.25) is 9.69 Å². The van der Waals surface area contributed by atoms with Gasteiger partial charge in [0.25, 0.3) is 5.91 Å². The van der Waals surface area contributed by atoms with Crippen LogP contribution in [0.4, 0.5) is 0 Å². The van der Waals surface area contributed by atoms with Crippen LogP contribution < -0.4 is 5.32 Å². The summed E-state index contributed by atoms with van der Waals surface area (Å²) in [4.78, 5) is 20.8. The average molecular weight is 348 g/mol. The SMILES string of the molecule is CSc1csc2cnc(C(=O)N[C@@H]3C4CCN(CC4)[C@H]3C)cc12. The molecule has 2 atom stereocenters. The fourth-order valence-corrected chi connectivity index (χ4v) is 5.72. The molecule has 23 heavy (non-hydrogen) atoms. The first-order valence-electron chi connectivity index (χ1n) is 8.13. The largest absolute Gasteiger partial charge is 0.346 e. The number of pyridine rings is 1. The Kier molecular flexibility index (Phi) is 4.07. The normalized spacial score (nSPS) is 29.8. The molecule has 6 heteroatoms. The summed E-state index contributed by atoms with van der Waals surface area (Å²) >= 11 is 3.40. The van der Waals surface area contributed by atoms with Crippen LogP contribution in [0.5, 0.6) is 0 Å². The van der Waals surface area contributed by atoms with E-state index in [2.05, 4.69) is 33.8 Å². The van der Waals surface area contributed by atoms with Gasteiger partial charge in [-0.05, 0) is 51.1 Å². The molecule has 3 aliphatic heterocycles. The lowest BCUT2D eigenvalue weighted by Gasteiger charge is -2.49. The smallest absolute Gasteiger partial charge is 0.270 e. The minimum atomic E-state index is -0.0317. The molecule has 0 aromatic carbocycles. The first kappa shape index (κ1) is 15.4. The molecule has 2 aromatic heterocycles. The Morgan fingerprint density at radius 3 is 2.91 bits per heavy atom. The van der Waals surface area contributed by atoms with Crippen LogP contribution in [-0.4, -0.2) is 47.2 Å². The number of rotatable bonds is 3. The van der Waals surface area contributed by atoms with Gasteiger partial charge in [-0.1, -0.05) is 0 Å². The fourth-order valence-electron chi connectivity index (χ4n) is 3.96. The van der Waals surface area contributed by atoms with Crippen molar-refractivity contribution in [3.05, 3.63) is 23.3 Å². The lowest BCUT2D eigenvalue weighted by atomic mass is 9.79. The lowest BCUT2D eigenvalue weighted by Crippen LogP contribution is -2.62. The Balaban J connectivity index is 1.57. The fraction of sp³-hybridized carbons (Fsp3) is 0.529. The standard InChI is InChI=1S/C17H21N3OS2/c1-10-16(11-3-5-20(10)6-4-11)19-17(21)13-7-12-14(8-18-13)23-9-15(12)22-2/h7-11,16H,3-6H2,1-2H3,(H,19,21)/t10-,16-/m0/s1. The molecule has 3 aliphatic rings. The van der Waals surface area contributed by atoms with Crippen molar-refractivity contribution in [2.45, 2.75) is 36.7 Å². The minimum absolute atomic E-state index is 0.0317. The second-order valence-corrected chi connectivity index (χ2v) is 8.24. The van der Waals surface area contributed by atoms with E-state index in [1.54, 1.807) is 23.1 Å². The van der Waals surface area contributed by atoms with Crippen LogP contribution >= 0.6 is 23.1 Å². The van der Waals surface area contributed by atoms with E-state index in [1.165, 1.54) is 30.8 Å². The molecule has 4 nitrogen and oxygen atoms in total. The Labute approximate surface area is 144 Å². The summed E-state index contributed by atoms with van der Waals surface area (Å²) in [6.45, 7) is 4.58. The number of nitrogens with zero attached hydrogens (tertiary/aromatic N) is 2. The van der Waals surface area contributed by atoms with Gasteiger partial charge in [0.1, 0.15) is 5.69 Å². The molecule has 0 spiro atoms. The van der Waals surface area contributed by atoms with Gasteiger partial charge in [-0.25, -0.2) is 4.98 Å². The minimum Gasteiger partial charge on any atom is -0.346 e. The third-order valence-corrected chi connectivity index (χ3v) is 7.21. The first-order valence-corrected chi connectivity index (χ1v) is 10.2. The van der Waals surface area contributed by atoms with E-state index in [1.807, 2.05) is 12.3 Å². The van der Waals surface area contributed by atoms with Crippen molar-refractivity contribution >= 4 is 39.1 Å². The third-order valence-electron chi connectivity index (χ3n) is 5.35. The quantitative estimate of drug-likeness (QED) is 0.866. The molecule has 2 bridgehead atoms. The van der Waals surface area contributed by atoms with Crippen LogP contribution in [0.3, 0.4) is 0 Å². The van der Waals surface area contributed by atoms with Crippen LogP contribution in [0.1, 0.15) is 30.3 Å². The molecule has 3 fully saturated rings. The van der Waals surface area contributed by atoms with Crippen molar-refractivity contribution in [1.82, 2.24) is 15.2 Å². The van der Waals surface area contributed by atoms with Gasteiger partial charge in [0.05, 0.1) is 4.70 Å². The number of carbonyl (C=O) groups excluding carboxylic acids is 1. The van der Waals surface area contributed by atoms with E-state index in [0.29, 0.717) is 17.7 Å². The predicted molar refractivity (Wildman–Crippen MR) is 96.4 cm³/mol. The van der Waals surface area contributed by atoms with Crippen molar-refractivity contribution in [3.63, 3.8) is 0 Å². The van der Waals surface area contributed by atoms with Crippen LogP contribution in [0, 0.1) is 5.92 Å². The van der Waals surface area contributed by atoms with E-state index in [4.69, 9.17) is 0 Å². The summed E-state index contributed by atoms with van der Waals surface area (Å²) in [6.07, 6.45) is 6.29. The molecule has 2 aromatic rings. The summed E-state index contributed by atoms with van der Waals surface area (Å²) in [5.74, 6) is 0.585. The zero-order chi connectivity index (χ0) is 16.0. The maximum absolute atomic E-state index is 12.7. The van der Waals surface area contributed by atoms with Gasteiger partial charge < -0.3 is 5.32 Å². The van der Waals surface area contributed by atoms with Crippen LogP contribution in [0.15, 0.2) is 22.5 Å². The summed E-state index contributed by atoms with van der Waals surface area (Å²) in [5.41, 5.74) is 0.537. The number of thiophene rings is 1. The maximum atomic E-state index is 12.7. The molecule has 1 N–H and O–H groups in total. The summed E-state index contributed by atoms with van der Waals surface area (Å²) in [7, 11) is 0. The predicted octanol–water partition coefficient (Wildman–Crippen LogP) is 3.23. The van der Waals surface area contributed by atoms with Gasteiger partial charge in [-0.2, -0.15) is 0 Å². The average Bonchev–Trinajstić information content (AvgIpc) is 3.00. The molecule has 5 heterocycles. The molecular formula is C17H21N3OS2. The molecule has 1 amide bonds. The van der Waals surface area contributed by atoms with Crippen LogP contribution in [0.25, 0.3) is 10.1 Å².